The third kappa shape index (κ3) is 2.19. The molecule has 1 N–H and O–H groups in total. The van der Waals surface area contributed by atoms with Crippen LogP contribution in [-0.4, -0.2) is 39.1 Å². The zero-order valence-electron chi connectivity index (χ0n) is 9.39. The molecule has 1 amide bonds. The van der Waals surface area contributed by atoms with E-state index in [9.17, 15) is 9.59 Å². The van der Waals surface area contributed by atoms with Gasteiger partial charge in [-0.2, -0.15) is 0 Å². The van der Waals surface area contributed by atoms with Gasteiger partial charge in [0.15, 0.2) is 0 Å². The Morgan fingerprint density at radius 1 is 1.44 bits per heavy atom. The Kier molecular flexibility index (Phi) is 3.42. The van der Waals surface area contributed by atoms with Gasteiger partial charge in [0.25, 0.3) is 0 Å². The first-order valence-electron chi connectivity index (χ1n) is 5.81. The molecule has 0 aromatic carbocycles. The van der Waals surface area contributed by atoms with Crippen LogP contribution in [0.2, 0.25) is 0 Å². The highest BCUT2D eigenvalue weighted by molar-refractivity contribution is 8.00. The molecule has 1 aliphatic heterocycles. The van der Waals surface area contributed by atoms with E-state index >= 15 is 0 Å². The van der Waals surface area contributed by atoms with Crippen molar-refractivity contribution in [3.63, 3.8) is 0 Å². The summed E-state index contributed by atoms with van der Waals surface area (Å²) in [5.41, 5.74) is 0. The minimum atomic E-state index is -0.861. The minimum absolute atomic E-state index is 0.0656. The average molecular weight is 243 g/mol. The summed E-state index contributed by atoms with van der Waals surface area (Å²) in [4.78, 5) is 24.8. The van der Waals surface area contributed by atoms with Crippen LogP contribution in [0.1, 0.15) is 32.6 Å². The first kappa shape index (κ1) is 11.8. The number of nitrogens with zero attached hydrogens (tertiary/aromatic N) is 1. The quantitative estimate of drug-likeness (QED) is 0.814. The molecule has 0 radical (unpaired) electrons. The highest BCUT2D eigenvalue weighted by Crippen LogP contribution is 2.38. The van der Waals surface area contributed by atoms with Crippen LogP contribution < -0.4 is 0 Å². The van der Waals surface area contributed by atoms with E-state index in [4.69, 9.17) is 5.11 Å². The van der Waals surface area contributed by atoms with Crippen molar-refractivity contribution in [3.05, 3.63) is 0 Å². The molecule has 90 valence electrons. The van der Waals surface area contributed by atoms with Crippen molar-refractivity contribution in [2.24, 2.45) is 5.92 Å². The van der Waals surface area contributed by atoms with Crippen LogP contribution in [0.5, 0.6) is 0 Å². The largest absolute Gasteiger partial charge is 0.480 e. The van der Waals surface area contributed by atoms with Crippen LogP contribution in [0, 0.1) is 5.92 Å². The fourth-order valence-corrected chi connectivity index (χ4v) is 3.58. The third-order valence-electron chi connectivity index (χ3n) is 3.09. The van der Waals surface area contributed by atoms with E-state index in [0.29, 0.717) is 5.75 Å². The molecule has 16 heavy (non-hydrogen) atoms. The van der Waals surface area contributed by atoms with Crippen molar-refractivity contribution in [1.29, 1.82) is 0 Å². The molecule has 1 saturated carbocycles. The predicted molar refractivity (Wildman–Crippen MR) is 62.1 cm³/mol. The second kappa shape index (κ2) is 4.65. The smallest absolute Gasteiger partial charge is 0.327 e. The molecule has 0 aromatic heterocycles. The number of thioether (sulfide) groups is 1. The topological polar surface area (TPSA) is 57.6 Å². The Balaban J connectivity index is 2.10. The maximum atomic E-state index is 12.1. The molecule has 0 unspecified atom stereocenters. The average Bonchev–Trinajstić information content (AvgIpc) is 2.99. The second-order valence-electron chi connectivity index (χ2n) is 4.45. The SMILES string of the molecule is CCC[C@@H]1SC[C@@H](C(=O)O)N1C(=O)C1CC1. The fraction of sp³-hybridized carbons (Fsp3) is 0.818. The van der Waals surface area contributed by atoms with E-state index < -0.39 is 12.0 Å². The van der Waals surface area contributed by atoms with Gasteiger partial charge >= 0.3 is 5.97 Å². The number of carbonyl (C=O) groups excluding carboxylic acids is 1. The molecular formula is C11H17NO3S. The summed E-state index contributed by atoms with van der Waals surface area (Å²) in [6.07, 6.45) is 3.75. The zero-order chi connectivity index (χ0) is 11.7. The number of carboxylic acid groups (broad SMARTS) is 1. The summed E-state index contributed by atoms with van der Waals surface area (Å²) < 4.78 is 0. The minimum Gasteiger partial charge on any atom is -0.480 e. The van der Waals surface area contributed by atoms with Gasteiger partial charge in [-0.05, 0) is 19.3 Å². The maximum Gasteiger partial charge on any atom is 0.327 e. The van der Waals surface area contributed by atoms with Crippen LogP contribution in [-0.2, 0) is 9.59 Å². The predicted octanol–water partition coefficient (Wildman–Crippen LogP) is 1.55. The molecule has 1 saturated heterocycles. The van der Waals surface area contributed by atoms with Crippen LogP contribution in [0.4, 0.5) is 0 Å². The molecule has 1 heterocycles. The Morgan fingerprint density at radius 2 is 2.12 bits per heavy atom. The van der Waals surface area contributed by atoms with Gasteiger partial charge in [0.05, 0.1) is 5.37 Å². The Hall–Kier alpha value is -0.710. The summed E-state index contributed by atoms with van der Waals surface area (Å²) in [5.74, 6) is -0.144. The highest BCUT2D eigenvalue weighted by Gasteiger charge is 2.45. The molecule has 0 aromatic rings. The monoisotopic (exact) mass is 243 g/mol. The number of hydrogen-bond donors (Lipinski definition) is 1. The van der Waals surface area contributed by atoms with Crippen LogP contribution in [0.25, 0.3) is 0 Å². The zero-order valence-corrected chi connectivity index (χ0v) is 10.2. The molecule has 0 bridgehead atoms. The summed E-state index contributed by atoms with van der Waals surface area (Å²) in [7, 11) is 0. The molecule has 2 rings (SSSR count). The van der Waals surface area contributed by atoms with Crippen LogP contribution in [0.3, 0.4) is 0 Å². The van der Waals surface area contributed by atoms with E-state index in [2.05, 4.69) is 6.92 Å². The fourth-order valence-electron chi connectivity index (χ4n) is 2.06. The molecule has 2 fully saturated rings. The summed E-state index contributed by atoms with van der Waals surface area (Å²) >= 11 is 1.61. The Bertz CT molecular complexity index is 304. The maximum absolute atomic E-state index is 12.1. The Morgan fingerprint density at radius 3 is 2.62 bits per heavy atom. The van der Waals surface area contributed by atoms with E-state index in [1.54, 1.807) is 16.7 Å². The molecule has 5 heteroatoms. The lowest BCUT2D eigenvalue weighted by Gasteiger charge is -2.27. The number of aliphatic carboxylic acids is 1. The van der Waals surface area contributed by atoms with Crippen molar-refractivity contribution in [2.75, 3.05) is 5.75 Å². The van der Waals surface area contributed by atoms with Gasteiger partial charge in [-0.15, -0.1) is 11.8 Å². The van der Waals surface area contributed by atoms with Crippen molar-refractivity contribution in [1.82, 2.24) is 4.90 Å². The summed E-state index contributed by atoms with van der Waals surface area (Å²) in [5, 5.41) is 9.20. The number of rotatable bonds is 4. The van der Waals surface area contributed by atoms with Crippen molar-refractivity contribution in [2.45, 2.75) is 44.0 Å². The van der Waals surface area contributed by atoms with Gasteiger partial charge in [0.1, 0.15) is 6.04 Å². The van der Waals surface area contributed by atoms with Gasteiger partial charge in [-0.25, -0.2) is 4.79 Å². The first-order chi connectivity index (χ1) is 7.65. The van der Waals surface area contributed by atoms with E-state index in [1.165, 1.54) is 0 Å². The molecule has 4 nitrogen and oxygen atoms in total. The highest BCUT2D eigenvalue weighted by atomic mass is 32.2. The lowest BCUT2D eigenvalue weighted by Crippen LogP contribution is -2.46. The lowest BCUT2D eigenvalue weighted by atomic mass is 10.2. The molecule has 1 aliphatic carbocycles. The molecular weight excluding hydrogens is 226 g/mol. The number of hydrogen-bond acceptors (Lipinski definition) is 3. The second-order valence-corrected chi connectivity index (χ2v) is 5.66. The molecule has 2 aliphatic rings. The third-order valence-corrected chi connectivity index (χ3v) is 4.45. The van der Waals surface area contributed by atoms with Gasteiger partial charge in [0, 0.05) is 11.7 Å². The molecule has 0 spiro atoms. The standard InChI is InChI=1S/C11H17NO3S/c1-2-3-9-12(10(13)7-4-5-7)8(6-16-9)11(14)15/h7-9H,2-6H2,1H3,(H,14,15)/t8-,9-/m0/s1. The Labute approximate surface area is 99.4 Å². The summed E-state index contributed by atoms with van der Waals surface area (Å²) in [6.45, 7) is 2.06. The van der Waals surface area contributed by atoms with E-state index in [-0.39, 0.29) is 17.2 Å². The van der Waals surface area contributed by atoms with E-state index in [1.807, 2.05) is 0 Å². The van der Waals surface area contributed by atoms with Crippen molar-refractivity contribution >= 4 is 23.6 Å². The van der Waals surface area contributed by atoms with Crippen molar-refractivity contribution < 1.29 is 14.7 Å². The van der Waals surface area contributed by atoms with Gasteiger partial charge in [-0.3, -0.25) is 4.79 Å². The van der Waals surface area contributed by atoms with Crippen LogP contribution >= 0.6 is 11.8 Å². The van der Waals surface area contributed by atoms with E-state index in [0.717, 1.165) is 25.7 Å². The number of carboxylic acids is 1. The molecule has 2 atom stereocenters. The first-order valence-corrected chi connectivity index (χ1v) is 6.86. The van der Waals surface area contributed by atoms with Gasteiger partial charge in [0.2, 0.25) is 5.91 Å². The van der Waals surface area contributed by atoms with Gasteiger partial charge < -0.3 is 10.0 Å². The van der Waals surface area contributed by atoms with Gasteiger partial charge in [-0.1, -0.05) is 13.3 Å². The summed E-state index contributed by atoms with van der Waals surface area (Å²) in [6, 6.07) is -0.602. The van der Waals surface area contributed by atoms with Crippen molar-refractivity contribution in [3.8, 4) is 0 Å². The number of amides is 1. The van der Waals surface area contributed by atoms with Crippen LogP contribution in [0.15, 0.2) is 0 Å². The number of carbonyl (C=O) groups is 2. The normalized spacial score (nSPS) is 29.4. The lowest BCUT2D eigenvalue weighted by molar-refractivity contribution is -0.149.